The highest BCUT2D eigenvalue weighted by atomic mass is 16.7. The summed E-state index contributed by atoms with van der Waals surface area (Å²) in [5.41, 5.74) is 5.56. The maximum Gasteiger partial charge on any atom is 0.305 e. The summed E-state index contributed by atoms with van der Waals surface area (Å²) in [5.74, 6) is -1.32. The van der Waals surface area contributed by atoms with Gasteiger partial charge in [-0.2, -0.15) is 0 Å². The molecule has 1 saturated carbocycles. The minimum atomic E-state index is -0.809. The summed E-state index contributed by atoms with van der Waals surface area (Å²) >= 11 is 0. The first-order valence-electron chi connectivity index (χ1n) is 6.41. The van der Waals surface area contributed by atoms with Gasteiger partial charge in [-0.1, -0.05) is 0 Å². The summed E-state index contributed by atoms with van der Waals surface area (Å²) < 4.78 is 11.9. The summed E-state index contributed by atoms with van der Waals surface area (Å²) in [6.07, 6.45) is 5.25. The zero-order valence-electron chi connectivity index (χ0n) is 10.1. The van der Waals surface area contributed by atoms with Gasteiger partial charge in [-0.3, -0.25) is 4.79 Å². The predicted molar refractivity (Wildman–Crippen MR) is 61.5 cm³/mol. The number of rotatable bonds is 4. The zero-order chi connectivity index (χ0) is 12.3. The molecular weight excluding hydrogens is 222 g/mol. The average molecular weight is 243 g/mol. The van der Waals surface area contributed by atoms with Gasteiger partial charge in [-0.05, 0) is 25.8 Å². The first-order chi connectivity index (χ1) is 8.13. The molecule has 2 fully saturated rings. The quantitative estimate of drug-likeness (QED) is 0.776. The molecule has 2 unspecified atom stereocenters. The lowest BCUT2D eigenvalue weighted by Gasteiger charge is -2.42. The van der Waals surface area contributed by atoms with Crippen LogP contribution in [0, 0.1) is 0 Å². The highest BCUT2D eigenvalue weighted by molar-refractivity contribution is 5.67. The number of carboxylic acids is 1. The average Bonchev–Trinajstić information content (AvgIpc) is 2.64. The Hall–Kier alpha value is -0.650. The van der Waals surface area contributed by atoms with Crippen molar-refractivity contribution in [3.05, 3.63) is 0 Å². The van der Waals surface area contributed by atoms with E-state index in [0.717, 1.165) is 32.1 Å². The van der Waals surface area contributed by atoms with Gasteiger partial charge in [-0.25, -0.2) is 0 Å². The summed E-state index contributed by atoms with van der Waals surface area (Å²) in [6, 6.07) is 0. The molecule has 0 amide bonds. The van der Waals surface area contributed by atoms with Crippen molar-refractivity contribution < 1.29 is 19.4 Å². The molecule has 5 nitrogen and oxygen atoms in total. The maximum atomic E-state index is 10.8. The van der Waals surface area contributed by atoms with Crippen LogP contribution >= 0.6 is 0 Å². The number of ether oxygens (including phenoxy) is 2. The van der Waals surface area contributed by atoms with Crippen LogP contribution in [0.25, 0.3) is 0 Å². The largest absolute Gasteiger partial charge is 0.481 e. The molecule has 1 aliphatic heterocycles. The van der Waals surface area contributed by atoms with Crippen LogP contribution in [0.5, 0.6) is 0 Å². The van der Waals surface area contributed by atoms with Crippen LogP contribution in [-0.2, 0) is 14.3 Å². The Kier molecular flexibility index (Phi) is 4.01. The molecule has 2 rings (SSSR count). The standard InChI is InChI=1S/C12H21NO4/c13-6-3-9-7-10(8-11(14)15)17-12(16-9)4-1-2-5-12/h9-10H,1-8,13H2,(H,14,15). The van der Waals surface area contributed by atoms with Gasteiger partial charge in [0.1, 0.15) is 0 Å². The van der Waals surface area contributed by atoms with E-state index in [4.69, 9.17) is 20.3 Å². The van der Waals surface area contributed by atoms with E-state index < -0.39 is 11.8 Å². The first-order valence-corrected chi connectivity index (χ1v) is 6.41. The third-order valence-corrected chi connectivity index (χ3v) is 3.54. The topological polar surface area (TPSA) is 81.8 Å². The lowest BCUT2D eigenvalue weighted by molar-refractivity contribution is -0.314. The molecule has 0 aromatic heterocycles. The molecule has 3 N–H and O–H groups in total. The molecule has 0 aromatic rings. The third-order valence-electron chi connectivity index (χ3n) is 3.54. The van der Waals surface area contributed by atoms with Crippen LogP contribution in [0.3, 0.4) is 0 Å². The number of carbonyl (C=O) groups is 1. The Morgan fingerprint density at radius 3 is 2.53 bits per heavy atom. The normalized spacial score (nSPS) is 31.8. The monoisotopic (exact) mass is 243 g/mol. The highest BCUT2D eigenvalue weighted by Gasteiger charge is 2.44. The van der Waals surface area contributed by atoms with E-state index >= 15 is 0 Å². The number of nitrogens with two attached hydrogens (primary N) is 1. The fourth-order valence-corrected chi connectivity index (χ4v) is 2.86. The highest BCUT2D eigenvalue weighted by Crippen LogP contribution is 2.41. The molecule has 17 heavy (non-hydrogen) atoms. The van der Waals surface area contributed by atoms with Crippen LogP contribution in [-0.4, -0.2) is 35.6 Å². The molecule has 2 aliphatic rings. The van der Waals surface area contributed by atoms with Gasteiger partial charge in [0.05, 0.1) is 18.6 Å². The number of hydrogen-bond acceptors (Lipinski definition) is 4. The van der Waals surface area contributed by atoms with Gasteiger partial charge >= 0.3 is 5.97 Å². The zero-order valence-corrected chi connectivity index (χ0v) is 10.1. The van der Waals surface area contributed by atoms with Gasteiger partial charge in [0.25, 0.3) is 0 Å². The molecular formula is C12H21NO4. The van der Waals surface area contributed by atoms with Crippen LogP contribution in [0.2, 0.25) is 0 Å². The van der Waals surface area contributed by atoms with Gasteiger partial charge in [0, 0.05) is 19.3 Å². The van der Waals surface area contributed by atoms with E-state index in [0.29, 0.717) is 13.0 Å². The van der Waals surface area contributed by atoms with Crippen LogP contribution < -0.4 is 5.73 Å². The van der Waals surface area contributed by atoms with E-state index in [2.05, 4.69) is 0 Å². The second-order valence-electron chi connectivity index (χ2n) is 5.01. The molecule has 5 heteroatoms. The Balaban J connectivity index is 2.01. The van der Waals surface area contributed by atoms with E-state index in [1.165, 1.54) is 0 Å². The molecule has 98 valence electrons. The van der Waals surface area contributed by atoms with Crippen LogP contribution in [0.15, 0.2) is 0 Å². The summed E-state index contributed by atoms with van der Waals surface area (Å²) in [5, 5.41) is 8.87. The number of carboxylic acid groups (broad SMARTS) is 1. The van der Waals surface area contributed by atoms with Crippen molar-refractivity contribution in [1.29, 1.82) is 0 Å². The third kappa shape index (κ3) is 3.18. The minimum Gasteiger partial charge on any atom is -0.481 e. The van der Waals surface area contributed by atoms with E-state index in [1.54, 1.807) is 0 Å². The van der Waals surface area contributed by atoms with Crippen molar-refractivity contribution in [1.82, 2.24) is 0 Å². The Labute approximate surface area is 101 Å². The van der Waals surface area contributed by atoms with Crippen molar-refractivity contribution in [3.8, 4) is 0 Å². The second-order valence-corrected chi connectivity index (χ2v) is 5.01. The van der Waals surface area contributed by atoms with Gasteiger partial charge < -0.3 is 20.3 Å². The Morgan fingerprint density at radius 1 is 1.29 bits per heavy atom. The van der Waals surface area contributed by atoms with Gasteiger partial charge in [0.15, 0.2) is 5.79 Å². The smallest absolute Gasteiger partial charge is 0.305 e. The summed E-state index contributed by atoms with van der Waals surface area (Å²) in [6.45, 7) is 0.570. The lowest BCUT2D eigenvalue weighted by Crippen LogP contribution is -2.47. The maximum absolute atomic E-state index is 10.8. The van der Waals surface area contributed by atoms with Crippen molar-refractivity contribution in [2.45, 2.75) is 62.9 Å². The second kappa shape index (κ2) is 5.33. The molecule has 0 aromatic carbocycles. The molecule has 0 bridgehead atoms. The summed E-state index contributed by atoms with van der Waals surface area (Å²) in [4.78, 5) is 10.8. The predicted octanol–water partition coefficient (Wildman–Crippen LogP) is 1.25. The molecule has 1 saturated heterocycles. The minimum absolute atomic E-state index is 0.0520. The van der Waals surface area contributed by atoms with Crippen LogP contribution in [0.4, 0.5) is 0 Å². The molecule has 0 radical (unpaired) electrons. The molecule has 2 atom stereocenters. The van der Waals surface area contributed by atoms with Crippen molar-refractivity contribution >= 4 is 5.97 Å². The Bertz CT molecular complexity index is 276. The van der Waals surface area contributed by atoms with E-state index in [1.807, 2.05) is 0 Å². The molecule has 1 heterocycles. The SMILES string of the molecule is NCCC1CC(CC(=O)O)OC2(CCCC2)O1. The van der Waals surface area contributed by atoms with Crippen molar-refractivity contribution in [3.63, 3.8) is 0 Å². The summed E-state index contributed by atoms with van der Waals surface area (Å²) in [7, 11) is 0. The van der Waals surface area contributed by atoms with Crippen LogP contribution in [0.1, 0.15) is 44.9 Å². The van der Waals surface area contributed by atoms with Crippen molar-refractivity contribution in [2.75, 3.05) is 6.54 Å². The first kappa shape index (κ1) is 12.8. The van der Waals surface area contributed by atoms with Crippen molar-refractivity contribution in [2.24, 2.45) is 5.73 Å². The van der Waals surface area contributed by atoms with E-state index in [-0.39, 0.29) is 18.6 Å². The Morgan fingerprint density at radius 2 is 1.94 bits per heavy atom. The van der Waals surface area contributed by atoms with Gasteiger partial charge in [0.2, 0.25) is 0 Å². The number of aliphatic carboxylic acids is 1. The fraction of sp³-hybridized carbons (Fsp3) is 0.917. The molecule has 1 spiro atoms. The van der Waals surface area contributed by atoms with E-state index in [9.17, 15) is 4.79 Å². The molecule has 1 aliphatic carbocycles. The van der Waals surface area contributed by atoms with Gasteiger partial charge in [-0.15, -0.1) is 0 Å². The lowest BCUT2D eigenvalue weighted by atomic mass is 10.0. The number of hydrogen-bond donors (Lipinski definition) is 2. The fourth-order valence-electron chi connectivity index (χ4n) is 2.86.